The SMILES string of the molecule is COc1cc(OC)nc(NC(=O)NS(=O)(=O)c2ccccc2C(O)C(C)F)n1. The Balaban J connectivity index is 2.25. The van der Waals surface area contributed by atoms with E-state index in [-0.39, 0.29) is 23.3 Å². The first-order valence-corrected chi connectivity index (χ1v) is 9.38. The number of alkyl halides is 1. The number of carbonyl (C=O) groups is 1. The fourth-order valence-electron chi connectivity index (χ4n) is 2.19. The normalized spacial score (nSPS) is 13.3. The van der Waals surface area contributed by atoms with Gasteiger partial charge in [-0.2, -0.15) is 9.97 Å². The van der Waals surface area contributed by atoms with Crippen molar-refractivity contribution in [2.45, 2.75) is 24.1 Å². The number of aliphatic hydroxyl groups excluding tert-OH is 1. The molecule has 1 heterocycles. The van der Waals surface area contributed by atoms with Crippen molar-refractivity contribution in [3.63, 3.8) is 0 Å². The summed E-state index contributed by atoms with van der Waals surface area (Å²) in [5.41, 5.74) is -0.183. The van der Waals surface area contributed by atoms with Crippen molar-refractivity contribution < 1.29 is 32.2 Å². The Hall–Kier alpha value is -2.99. The van der Waals surface area contributed by atoms with Crippen LogP contribution in [0.5, 0.6) is 11.8 Å². The van der Waals surface area contributed by atoms with Crippen LogP contribution in [0.25, 0.3) is 0 Å². The average molecular weight is 414 g/mol. The van der Waals surface area contributed by atoms with Gasteiger partial charge in [-0.25, -0.2) is 22.3 Å². The molecule has 0 saturated carbocycles. The van der Waals surface area contributed by atoms with Gasteiger partial charge in [0.05, 0.1) is 25.2 Å². The van der Waals surface area contributed by atoms with E-state index in [2.05, 4.69) is 15.3 Å². The summed E-state index contributed by atoms with van der Waals surface area (Å²) in [7, 11) is -1.75. The molecule has 10 nitrogen and oxygen atoms in total. The summed E-state index contributed by atoms with van der Waals surface area (Å²) in [5, 5.41) is 12.1. The lowest BCUT2D eigenvalue weighted by atomic mass is 10.1. The van der Waals surface area contributed by atoms with Crippen molar-refractivity contribution in [3.05, 3.63) is 35.9 Å². The minimum absolute atomic E-state index is 0.0791. The Morgan fingerprint density at radius 1 is 1.18 bits per heavy atom. The largest absolute Gasteiger partial charge is 0.481 e. The number of nitrogens with zero attached hydrogens (tertiary/aromatic N) is 2. The summed E-state index contributed by atoms with van der Waals surface area (Å²) in [6.07, 6.45) is -3.40. The zero-order valence-corrected chi connectivity index (χ0v) is 16.0. The Labute approximate surface area is 160 Å². The molecule has 0 bridgehead atoms. The molecule has 0 saturated heterocycles. The van der Waals surface area contributed by atoms with Crippen LogP contribution in [-0.4, -0.2) is 49.9 Å². The number of nitrogens with one attached hydrogen (secondary N) is 2. The van der Waals surface area contributed by atoms with E-state index in [0.717, 1.165) is 13.0 Å². The van der Waals surface area contributed by atoms with Crippen LogP contribution in [0.3, 0.4) is 0 Å². The monoisotopic (exact) mass is 414 g/mol. The fourth-order valence-corrected chi connectivity index (χ4v) is 3.35. The first kappa shape index (κ1) is 21.3. The molecule has 0 aliphatic heterocycles. The molecule has 28 heavy (non-hydrogen) atoms. The lowest BCUT2D eigenvalue weighted by molar-refractivity contribution is 0.0859. The third-order valence-corrected chi connectivity index (χ3v) is 4.92. The highest BCUT2D eigenvalue weighted by molar-refractivity contribution is 7.90. The van der Waals surface area contributed by atoms with Gasteiger partial charge in [0.1, 0.15) is 12.3 Å². The average Bonchev–Trinajstić information content (AvgIpc) is 2.66. The molecule has 2 unspecified atom stereocenters. The highest BCUT2D eigenvalue weighted by Crippen LogP contribution is 2.26. The van der Waals surface area contributed by atoms with Crippen molar-refractivity contribution in [2.75, 3.05) is 19.5 Å². The molecule has 1 aromatic carbocycles. The molecule has 152 valence electrons. The molecule has 12 heteroatoms. The van der Waals surface area contributed by atoms with Crippen LogP contribution >= 0.6 is 0 Å². The number of sulfonamides is 1. The van der Waals surface area contributed by atoms with E-state index in [0.29, 0.717) is 0 Å². The summed E-state index contributed by atoms with van der Waals surface area (Å²) in [6, 6.07) is 5.39. The summed E-state index contributed by atoms with van der Waals surface area (Å²) in [4.78, 5) is 19.4. The first-order chi connectivity index (χ1) is 13.2. The van der Waals surface area contributed by atoms with Crippen LogP contribution < -0.4 is 19.5 Å². The van der Waals surface area contributed by atoms with Gasteiger partial charge in [-0.3, -0.25) is 5.32 Å². The highest BCUT2D eigenvalue weighted by atomic mass is 32.2. The van der Waals surface area contributed by atoms with Gasteiger partial charge in [-0.15, -0.1) is 0 Å². The predicted octanol–water partition coefficient (Wildman–Crippen LogP) is 1.40. The zero-order valence-electron chi connectivity index (χ0n) is 15.2. The summed E-state index contributed by atoms with van der Waals surface area (Å²) in [5.74, 6) is -0.111. The van der Waals surface area contributed by atoms with Gasteiger partial charge in [-0.1, -0.05) is 18.2 Å². The fraction of sp³-hybridized carbons (Fsp3) is 0.312. The third kappa shape index (κ3) is 5.04. The minimum Gasteiger partial charge on any atom is -0.481 e. The van der Waals surface area contributed by atoms with Crippen LogP contribution in [0.15, 0.2) is 35.2 Å². The van der Waals surface area contributed by atoms with E-state index in [1.807, 2.05) is 0 Å². The van der Waals surface area contributed by atoms with Crippen molar-refractivity contribution >= 4 is 22.0 Å². The Morgan fingerprint density at radius 3 is 2.29 bits per heavy atom. The molecule has 0 aliphatic rings. The van der Waals surface area contributed by atoms with E-state index in [4.69, 9.17) is 9.47 Å². The number of amides is 2. The second kappa shape index (κ2) is 8.80. The maximum absolute atomic E-state index is 13.5. The second-order valence-electron chi connectivity index (χ2n) is 5.50. The number of benzene rings is 1. The first-order valence-electron chi connectivity index (χ1n) is 7.90. The number of methoxy groups -OCH3 is 2. The van der Waals surface area contributed by atoms with Gasteiger partial charge in [0.2, 0.25) is 17.7 Å². The van der Waals surface area contributed by atoms with Crippen molar-refractivity contribution in [3.8, 4) is 11.8 Å². The van der Waals surface area contributed by atoms with Crippen molar-refractivity contribution in [1.82, 2.24) is 14.7 Å². The van der Waals surface area contributed by atoms with E-state index >= 15 is 0 Å². The zero-order chi connectivity index (χ0) is 20.9. The third-order valence-electron chi connectivity index (χ3n) is 3.51. The number of ether oxygens (including phenoxy) is 2. The van der Waals surface area contributed by atoms with Crippen molar-refractivity contribution in [2.24, 2.45) is 0 Å². The van der Waals surface area contributed by atoms with Crippen LogP contribution in [-0.2, 0) is 10.0 Å². The van der Waals surface area contributed by atoms with Gasteiger partial charge in [0, 0.05) is 5.56 Å². The number of aliphatic hydroxyl groups is 1. The number of rotatable bonds is 7. The van der Waals surface area contributed by atoms with Crippen LogP contribution in [0.4, 0.5) is 15.1 Å². The van der Waals surface area contributed by atoms with E-state index in [1.165, 1.54) is 38.5 Å². The van der Waals surface area contributed by atoms with Gasteiger partial charge >= 0.3 is 6.03 Å². The molecular formula is C16H19FN4O6S. The van der Waals surface area contributed by atoms with Gasteiger partial charge in [-0.05, 0) is 13.0 Å². The molecule has 0 aliphatic carbocycles. The van der Waals surface area contributed by atoms with Crippen molar-refractivity contribution in [1.29, 1.82) is 0 Å². The maximum Gasteiger partial charge on any atom is 0.335 e. The van der Waals surface area contributed by atoms with Crippen LogP contribution in [0, 0.1) is 0 Å². The molecule has 3 N–H and O–H groups in total. The number of aromatic nitrogens is 2. The standard InChI is InChI=1S/C16H19FN4O6S/c1-9(17)14(22)10-6-4-5-7-11(10)28(24,25)21-16(23)20-15-18-12(26-2)8-13(19-15)27-3/h4-9,14,22H,1-3H3,(H2,18,19,20,21,23). The molecule has 1 aromatic heterocycles. The number of hydrogen-bond acceptors (Lipinski definition) is 8. The molecule has 2 atom stereocenters. The quantitative estimate of drug-likeness (QED) is 0.618. The molecule has 0 radical (unpaired) electrons. The number of hydrogen-bond donors (Lipinski definition) is 3. The summed E-state index contributed by atoms with van der Waals surface area (Å²) < 4.78 is 50.1. The van der Waals surface area contributed by atoms with Crippen LogP contribution in [0.2, 0.25) is 0 Å². The lowest BCUT2D eigenvalue weighted by Gasteiger charge is -2.17. The maximum atomic E-state index is 13.5. The van der Waals surface area contributed by atoms with E-state index in [9.17, 15) is 22.7 Å². The smallest absolute Gasteiger partial charge is 0.335 e. The number of carbonyl (C=O) groups excluding carboxylic acids is 1. The molecule has 0 spiro atoms. The Bertz CT molecular complexity index is 932. The summed E-state index contributed by atoms with van der Waals surface area (Å²) in [6.45, 7) is 1.09. The molecule has 2 rings (SSSR count). The molecule has 0 fully saturated rings. The predicted molar refractivity (Wildman–Crippen MR) is 96.4 cm³/mol. The lowest BCUT2D eigenvalue weighted by Crippen LogP contribution is -2.35. The Morgan fingerprint density at radius 2 is 1.75 bits per heavy atom. The topological polar surface area (TPSA) is 140 Å². The Kier molecular flexibility index (Phi) is 6.70. The number of anilines is 1. The number of halogens is 1. The molecular weight excluding hydrogens is 395 g/mol. The molecule has 2 aromatic rings. The van der Waals surface area contributed by atoms with Crippen LogP contribution in [0.1, 0.15) is 18.6 Å². The summed E-state index contributed by atoms with van der Waals surface area (Å²) >= 11 is 0. The highest BCUT2D eigenvalue weighted by Gasteiger charge is 2.27. The van der Waals surface area contributed by atoms with Gasteiger partial charge in [0.25, 0.3) is 10.0 Å². The van der Waals surface area contributed by atoms with E-state index in [1.54, 1.807) is 4.72 Å². The van der Waals surface area contributed by atoms with Gasteiger partial charge in [0.15, 0.2) is 0 Å². The number of urea groups is 1. The van der Waals surface area contributed by atoms with E-state index < -0.39 is 33.2 Å². The molecule has 2 amide bonds. The van der Waals surface area contributed by atoms with Gasteiger partial charge < -0.3 is 14.6 Å². The minimum atomic E-state index is -4.43. The second-order valence-corrected chi connectivity index (χ2v) is 7.15.